The van der Waals surface area contributed by atoms with Gasteiger partial charge in [0.2, 0.25) is 0 Å². The van der Waals surface area contributed by atoms with E-state index in [4.69, 9.17) is 5.26 Å². The Morgan fingerprint density at radius 1 is 0.821 bits per heavy atom. The molecule has 4 aromatic carbocycles. The Bertz CT molecular complexity index is 1230. The van der Waals surface area contributed by atoms with E-state index in [1.54, 1.807) is 18.2 Å². The fourth-order valence-electron chi connectivity index (χ4n) is 3.67. The molecule has 0 heterocycles. The molecule has 0 aliphatic heterocycles. The van der Waals surface area contributed by atoms with Crippen molar-refractivity contribution in [3.05, 3.63) is 83.4 Å². The van der Waals surface area contributed by atoms with Gasteiger partial charge in [0.05, 0.1) is 5.56 Å². The monoisotopic (exact) mass is 371 g/mol. The van der Waals surface area contributed by atoms with Gasteiger partial charge in [0, 0.05) is 5.56 Å². The zero-order valence-corrected chi connectivity index (χ0v) is 15.6. The van der Waals surface area contributed by atoms with Crippen LogP contribution >= 0.6 is 0 Å². The summed E-state index contributed by atoms with van der Waals surface area (Å²) >= 11 is 0. The van der Waals surface area contributed by atoms with Gasteiger partial charge in [-0.2, -0.15) is 5.26 Å². The van der Waals surface area contributed by atoms with Crippen LogP contribution in [0.5, 0.6) is 0 Å². The second-order valence-electron chi connectivity index (χ2n) is 7.08. The molecule has 0 fully saturated rings. The fraction of sp³-hybridized carbons (Fsp3) is 0.160. The van der Waals surface area contributed by atoms with Crippen molar-refractivity contribution >= 4 is 21.5 Å². The molecule has 0 radical (unpaired) electrons. The van der Waals surface area contributed by atoms with E-state index in [0.29, 0.717) is 11.1 Å². The van der Waals surface area contributed by atoms with E-state index < -0.39 is 11.6 Å². The second kappa shape index (κ2) is 7.40. The molecular weight excluding hydrogens is 352 g/mol. The van der Waals surface area contributed by atoms with Gasteiger partial charge in [-0.15, -0.1) is 0 Å². The van der Waals surface area contributed by atoms with Crippen LogP contribution in [0.1, 0.15) is 30.9 Å². The van der Waals surface area contributed by atoms with Crippen LogP contribution in [-0.2, 0) is 6.42 Å². The van der Waals surface area contributed by atoms with Gasteiger partial charge in [0.1, 0.15) is 17.7 Å². The number of unbranched alkanes of at least 4 members (excludes halogenated alkanes) is 1. The van der Waals surface area contributed by atoms with E-state index in [0.717, 1.165) is 40.8 Å². The molecule has 0 aliphatic carbocycles. The molecule has 0 amide bonds. The molecular formula is C25H19F2N. The zero-order valence-electron chi connectivity index (χ0n) is 15.6. The molecule has 0 atom stereocenters. The van der Waals surface area contributed by atoms with Gasteiger partial charge in [0.25, 0.3) is 0 Å². The van der Waals surface area contributed by atoms with Crippen molar-refractivity contribution in [3.63, 3.8) is 0 Å². The molecule has 0 aliphatic rings. The van der Waals surface area contributed by atoms with Crippen LogP contribution in [0, 0.1) is 23.0 Å². The SMILES string of the molecule is CCCCc1ccc2c(ccc3cc(-c4ccc(C#N)c(F)c4)c(F)cc32)c1. The summed E-state index contributed by atoms with van der Waals surface area (Å²) in [5, 5.41) is 12.7. The van der Waals surface area contributed by atoms with Gasteiger partial charge in [-0.1, -0.05) is 49.7 Å². The van der Waals surface area contributed by atoms with Crippen molar-refractivity contribution < 1.29 is 8.78 Å². The molecule has 0 saturated carbocycles. The molecule has 0 unspecified atom stereocenters. The van der Waals surface area contributed by atoms with Gasteiger partial charge in [-0.3, -0.25) is 0 Å². The topological polar surface area (TPSA) is 23.8 Å². The molecule has 0 spiro atoms. The third-order valence-electron chi connectivity index (χ3n) is 5.21. The summed E-state index contributed by atoms with van der Waals surface area (Å²) in [7, 11) is 0. The quantitative estimate of drug-likeness (QED) is 0.349. The van der Waals surface area contributed by atoms with Crippen LogP contribution in [0.25, 0.3) is 32.7 Å². The zero-order chi connectivity index (χ0) is 19.7. The molecule has 0 aromatic heterocycles. The van der Waals surface area contributed by atoms with Crippen LogP contribution in [0.2, 0.25) is 0 Å². The first-order valence-electron chi connectivity index (χ1n) is 9.45. The maximum atomic E-state index is 14.9. The van der Waals surface area contributed by atoms with Gasteiger partial charge < -0.3 is 0 Å². The Balaban J connectivity index is 1.84. The average Bonchev–Trinajstić information content (AvgIpc) is 2.71. The van der Waals surface area contributed by atoms with E-state index >= 15 is 0 Å². The van der Waals surface area contributed by atoms with Crippen molar-refractivity contribution in [2.24, 2.45) is 0 Å². The predicted molar refractivity (Wildman–Crippen MR) is 110 cm³/mol. The van der Waals surface area contributed by atoms with Crippen molar-refractivity contribution in [2.75, 3.05) is 0 Å². The first-order valence-corrected chi connectivity index (χ1v) is 9.45. The lowest BCUT2D eigenvalue weighted by molar-refractivity contribution is 0.622. The molecule has 0 N–H and O–H groups in total. The second-order valence-corrected chi connectivity index (χ2v) is 7.08. The number of aryl methyl sites for hydroxylation is 1. The summed E-state index contributed by atoms with van der Waals surface area (Å²) < 4.78 is 28.9. The number of benzene rings is 4. The summed E-state index contributed by atoms with van der Waals surface area (Å²) in [5.74, 6) is -1.04. The molecule has 28 heavy (non-hydrogen) atoms. The third kappa shape index (κ3) is 3.23. The van der Waals surface area contributed by atoms with E-state index in [1.807, 2.05) is 12.1 Å². The Hall–Kier alpha value is -3.25. The highest BCUT2D eigenvalue weighted by Crippen LogP contribution is 2.33. The van der Waals surface area contributed by atoms with Crippen LogP contribution in [0.3, 0.4) is 0 Å². The van der Waals surface area contributed by atoms with E-state index in [9.17, 15) is 8.78 Å². The summed E-state index contributed by atoms with van der Waals surface area (Å²) in [6, 6.07) is 19.6. The first kappa shape index (κ1) is 18.1. The summed E-state index contributed by atoms with van der Waals surface area (Å²) in [6.07, 6.45) is 3.35. The van der Waals surface area contributed by atoms with Crippen molar-refractivity contribution in [1.82, 2.24) is 0 Å². The van der Waals surface area contributed by atoms with Crippen molar-refractivity contribution in [1.29, 1.82) is 5.26 Å². The summed E-state index contributed by atoms with van der Waals surface area (Å²) in [6.45, 7) is 2.18. The molecule has 0 bridgehead atoms. The largest absolute Gasteiger partial charge is 0.206 e. The van der Waals surface area contributed by atoms with Crippen LogP contribution in [-0.4, -0.2) is 0 Å². The lowest BCUT2D eigenvalue weighted by Gasteiger charge is -2.10. The number of nitrogens with zero attached hydrogens (tertiary/aromatic N) is 1. The Kier molecular flexibility index (Phi) is 4.79. The first-order chi connectivity index (χ1) is 13.6. The number of hydrogen-bond donors (Lipinski definition) is 0. The molecule has 0 saturated heterocycles. The minimum Gasteiger partial charge on any atom is -0.206 e. The van der Waals surface area contributed by atoms with Crippen molar-refractivity contribution in [3.8, 4) is 17.2 Å². The van der Waals surface area contributed by atoms with E-state index in [2.05, 4.69) is 25.1 Å². The maximum absolute atomic E-state index is 14.9. The Labute approximate surface area is 162 Å². The normalized spacial score (nSPS) is 11.1. The summed E-state index contributed by atoms with van der Waals surface area (Å²) in [4.78, 5) is 0. The number of halogens is 2. The van der Waals surface area contributed by atoms with Gasteiger partial charge >= 0.3 is 0 Å². The van der Waals surface area contributed by atoms with Crippen molar-refractivity contribution in [2.45, 2.75) is 26.2 Å². The van der Waals surface area contributed by atoms with Gasteiger partial charge in [-0.05, 0) is 69.8 Å². The lowest BCUT2D eigenvalue weighted by Crippen LogP contribution is -1.90. The minimum atomic E-state index is -0.641. The van der Waals surface area contributed by atoms with Crippen LogP contribution < -0.4 is 0 Å². The number of hydrogen-bond acceptors (Lipinski definition) is 1. The van der Waals surface area contributed by atoms with Crippen LogP contribution in [0.4, 0.5) is 8.78 Å². The fourth-order valence-corrected chi connectivity index (χ4v) is 3.67. The van der Waals surface area contributed by atoms with E-state index in [-0.39, 0.29) is 5.56 Å². The molecule has 3 heteroatoms. The smallest absolute Gasteiger partial charge is 0.141 e. The summed E-state index contributed by atoms with van der Waals surface area (Å²) in [5.41, 5.74) is 1.99. The number of nitriles is 1. The average molecular weight is 371 g/mol. The standard InChI is InChI=1S/C25H19F2N/c1-2-3-4-16-5-10-21-17(11-16)6-7-18-12-23(25(27)14-22(18)21)19-8-9-20(15-28)24(26)13-19/h5-14H,2-4H2,1H3. The third-order valence-corrected chi connectivity index (χ3v) is 5.21. The van der Waals surface area contributed by atoms with Crippen LogP contribution in [0.15, 0.2) is 60.7 Å². The lowest BCUT2D eigenvalue weighted by atomic mass is 9.95. The van der Waals surface area contributed by atoms with E-state index in [1.165, 1.54) is 23.8 Å². The minimum absolute atomic E-state index is 0.0465. The maximum Gasteiger partial charge on any atom is 0.141 e. The number of rotatable bonds is 4. The number of fused-ring (bicyclic) bond motifs is 3. The molecule has 138 valence electrons. The van der Waals surface area contributed by atoms with Gasteiger partial charge in [-0.25, -0.2) is 8.78 Å². The Morgan fingerprint density at radius 3 is 2.32 bits per heavy atom. The molecule has 4 rings (SSSR count). The Morgan fingerprint density at radius 2 is 1.61 bits per heavy atom. The van der Waals surface area contributed by atoms with Gasteiger partial charge in [0.15, 0.2) is 0 Å². The molecule has 1 nitrogen and oxygen atoms in total. The highest BCUT2D eigenvalue weighted by Gasteiger charge is 2.12. The predicted octanol–water partition coefficient (Wildman–Crippen LogP) is 7.15. The molecule has 4 aromatic rings. The highest BCUT2D eigenvalue weighted by atomic mass is 19.1. The highest BCUT2D eigenvalue weighted by molar-refractivity contribution is 6.08.